The Hall–Kier alpha value is 0.530. The van der Waals surface area contributed by atoms with E-state index in [1.165, 1.54) is 0 Å². The van der Waals surface area contributed by atoms with E-state index in [1.54, 1.807) is 13.8 Å². The van der Waals surface area contributed by atoms with Crippen molar-refractivity contribution in [2.75, 3.05) is 5.75 Å². The van der Waals surface area contributed by atoms with Crippen LogP contribution in [0.25, 0.3) is 0 Å². The van der Waals surface area contributed by atoms with Crippen molar-refractivity contribution in [1.82, 2.24) is 0 Å². The van der Waals surface area contributed by atoms with E-state index in [2.05, 4.69) is 16.4 Å². The summed E-state index contributed by atoms with van der Waals surface area (Å²) in [5.74, 6) is -0.228. The van der Waals surface area contributed by atoms with Gasteiger partial charge in [-0.2, -0.15) is 8.42 Å². The first-order valence-electron chi connectivity index (χ1n) is 4.08. The molecule has 0 atom stereocenters. The van der Waals surface area contributed by atoms with Gasteiger partial charge in [-0.3, -0.25) is 0 Å². The number of hydrogen-bond donors (Lipinski definition) is 2. The van der Waals surface area contributed by atoms with Crippen LogP contribution in [0.15, 0.2) is 0 Å². The maximum atomic E-state index is 11.2. The van der Waals surface area contributed by atoms with Gasteiger partial charge in [-0.15, -0.1) is 0 Å². The molecule has 0 aliphatic heterocycles. The van der Waals surface area contributed by atoms with Gasteiger partial charge in [-0.1, -0.05) is 26.1 Å². The molecule has 0 unspecified atom stereocenters. The van der Waals surface area contributed by atoms with Crippen molar-refractivity contribution in [3.63, 3.8) is 0 Å². The zero-order chi connectivity index (χ0) is 12.3. The molecule has 9 heteroatoms. The Morgan fingerprint density at radius 2 is 1.75 bits per heavy atom. The van der Waals surface area contributed by atoms with Crippen molar-refractivity contribution in [1.29, 1.82) is 0 Å². The van der Waals surface area contributed by atoms with E-state index in [1.807, 2.05) is 0 Å². The molecule has 0 aromatic rings. The Morgan fingerprint density at radius 1 is 1.31 bits per heavy atom. The second-order valence-corrected chi connectivity index (χ2v) is 6.19. The summed E-state index contributed by atoms with van der Waals surface area (Å²) >= 11 is 9.13. The van der Waals surface area contributed by atoms with E-state index in [0.717, 1.165) is 0 Å². The maximum Gasteiger partial charge on any atom is 0.311 e. The molecule has 5 nitrogen and oxygen atoms in total. The first-order valence-corrected chi connectivity index (χ1v) is 6.48. The third kappa shape index (κ3) is 7.75. The Kier molecular flexibility index (Phi) is 8.35. The number of thiocarbonyl (C=S) groups is 2. The summed E-state index contributed by atoms with van der Waals surface area (Å²) in [6, 6.07) is 0. The molecule has 89 valence electrons. The Bertz CT molecular complexity index is 367. The van der Waals surface area contributed by atoms with Crippen molar-refractivity contribution in [3.05, 3.63) is 0 Å². The van der Waals surface area contributed by atoms with Crippen LogP contribution in [-0.2, 0) is 14.3 Å². The molecule has 0 aromatic carbocycles. The van der Waals surface area contributed by atoms with Crippen molar-refractivity contribution >= 4 is 74.3 Å². The average molecular weight is 293 g/mol. The molecular weight excluding hydrogens is 279 g/mol. The predicted molar refractivity (Wildman–Crippen MR) is 72.6 cm³/mol. The van der Waals surface area contributed by atoms with E-state index < -0.39 is 20.7 Å². The molecule has 0 aromatic heterocycles. The van der Waals surface area contributed by atoms with Crippen LogP contribution in [0.3, 0.4) is 0 Å². The van der Waals surface area contributed by atoms with Crippen LogP contribution in [0.1, 0.15) is 20.3 Å². The van der Waals surface area contributed by atoms with E-state index in [0.29, 0.717) is 0 Å². The van der Waals surface area contributed by atoms with Gasteiger partial charge in [0, 0.05) is 35.0 Å². The number of hydrogen-bond acceptors (Lipinski definition) is 5. The van der Waals surface area contributed by atoms with Gasteiger partial charge in [-0.25, -0.2) is 0 Å². The zero-order valence-corrected chi connectivity index (χ0v) is 14.0. The fraction of sp³-hybridized carbons (Fsp3) is 0.714. The normalized spacial score (nSPS) is 11.4. The summed E-state index contributed by atoms with van der Waals surface area (Å²) in [5, 5.41) is -0.511. The maximum absolute atomic E-state index is 11.2. The van der Waals surface area contributed by atoms with Gasteiger partial charge in [0.25, 0.3) is 5.17 Å². The standard InChI is InChI=1S/C7H14N2O3S3.Na/c1-7(2,5(8)13)3-4-15(10,11)12-6(9)14;/h3-4H2,1-2H3,(H2,8,13)(H2,9,14);. The first kappa shape index (κ1) is 18.9. The molecule has 0 saturated carbocycles. The summed E-state index contributed by atoms with van der Waals surface area (Å²) in [5.41, 5.74) is 9.86. The van der Waals surface area contributed by atoms with Crippen LogP contribution in [0, 0.1) is 5.41 Å². The topological polar surface area (TPSA) is 95.4 Å². The summed E-state index contributed by atoms with van der Waals surface area (Å²) in [7, 11) is -3.73. The Labute approximate surface area is 129 Å². The van der Waals surface area contributed by atoms with Gasteiger partial charge < -0.3 is 15.7 Å². The molecule has 1 radical (unpaired) electrons. The molecule has 0 heterocycles. The predicted octanol–water partition coefficient (Wildman–Crippen LogP) is -0.102. The van der Waals surface area contributed by atoms with E-state index in [4.69, 9.17) is 23.7 Å². The fourth-order valence-corrected chi connectivity index (χ4v) is 2.18. The summed E-state index contributed by atoms with van der Waals surface area (Å²) in [4.78, 5) is 0.257. The number of rotatable bonds is 5. The molecule has 0 spiro atoms. The SMILES string of the molecule is CC(C)(CCS(=O)(=O)OC(N)=S)C(N)=S.[Na]. The molecule has 0 aliphatic rings. The quantitative estimate of drug-likeness (QED) is 0.415. The summed E-state index contributed by atoms with van der Waals surface area (Å²) in [6.45, 7) is 3.51. The van der Waals surface area contributed by atoms with Crippen molar-refractivity contribution in [3.8, 4) is 0 Å². The van der Waals surface area contributed by atoms with Gasteiger partial charge >= 0.3 is 10.1 Å². The smallest absolute Gasteiger partial charge is 0.311 e. The molecule has 0 amide bonds. The zero-order valence-electron chi connectivity index (χ0n) is 9.52. The molecule has 16 heavy (non-hydrogen) atoms. The van der Waals surface area contributed by atoms with Crippen LogP contribution >= 0.6 is 24.4 Å². The van der Waals surface area contributed by atoms with Gasteiger partial charge in [-0.05, 0) is 18.6 Å². The van der Waals surface area contributed by atoms with Crippen LogP contribution in [0.4, 0.5) is 0 Å². The summed E-state index contributed by atoms with van der Waals surface area (Å²) in [6.07, 6.45) is 0.257. The minimum Gasteiger partial charge on any atom is -0.393 e. The molecule has 0 aliphatic carbocycles. The van der Waals surface area contributed by atoms with Crippen LogP contribution < -0.4 is 11.5 Å². The molecule has 0 saturated heterocycles. The van der Waals surface area contributed by atoms with Gasteiger partial charge in [0.15, 0.2) is 0 Å². The molecule has 0 bridgehead atoms. The van der Waals surface area contributed by atoms with Gasteiger partial charge in [0.2, 0.25) is 0 Å². The van der Waals surface area contributed by atoms with Crippen molar-refractivity contribution in [2.45, 2.75) is 20.3 Å². The Balaban J connectivity index is 0. The molecular formula is C7H14N2NaO3S3. The molecule has 4 N–H and O–H groups in total. The molecule has 0 rings (SSSR count). The number of nitrogens with two attached hydrogens (primary N) is 2. The van der Waals surface area contributed by atoms with Crippen molar-refractivity contribution < 1.29 is 12.6 Å². The third-order valence-electron chi connectivity index (χ3n) is 1.85. The van der Waals surface area contributed by atoms with Crippen LogP contribution in [0.5, 0.6) is 0 Å². The van der Waals surface area contributed by atoms with E-state index in [-0.39, 0.29) is 46.7 Å². The van der Waals surface area contributed by atoms with Crippen LogP contribution in [-0.4, -0.2) is 53.9 Å². The van der Waals surface area contributed by atoms with E-state index in [9.17, 15) is 8.42 Å². The van der Waals surface area contributed by atoms with Crippen LogP contribution in [0.2, 0.25) is 0 Å². The second-order valence-electron chi connectivity index (χ2n) is 3.66. The average Bonchev–Trinajstić information content (AvgIpc) is 1.98. The summed E-state index contributed by atoms with van der Waals surface area (Å²) < 4.78 is 26.8. The minimum atomic E-state index is -3.73. The van der Waals surface area contributed by atoms with E-state index >= 15 is 0 Å². The first-order chi connectivity index (χ1) is 6.57. The van der Waals surface area contributed by atoms with Gasteiger partial charge in [0.1, 0.15) is 0 Å². The molecule has 0 fully saturated rings. The minimum absolute atomic E-state index is 0. The largest absolute Gasteiger partial charge is 0.393 e. The fourth-order valence-electron chi connectivity index (χ4n) is 0.670. The van der Waals surface area contributed by atoms with Gasteiger partial charge in [0.05, 0.1) is 10.7 Å². The third-order valence-corrected chi connectivity index (χ3v) is 3.73. The second kappa shape index (κ2) is 7.07. The monoisotopic (exact) mass is 293 g/mol. The Morgan fingerprint density at radius 3 is 2.06 bits per heavy atom. The van der Waals surface area contributed by atoms with Crippen molar-refractivity contribution in [2.24, 2.45) is 16.9 Å².